The van der Waals surface area contributed by atoms with Gasteiger partial charge in [-0.2, -0.15) is 11.8 Å². The molecule has 1 atom stereocenters. The van der Waals surface area contributed by atoms with Gasteiger partial charge in [0.25, 0.3) is 0 Å². The van der Waals surface area contributed by atoms with Crippen molar-refractivity contribution in [3.8, 4) is 0 Å². The lowest BCUT2D eigenvalue weighted by Gasteiger charge is -2.30. The smallest absolute Gasteiger partial charge is 0.242 e. The number of hydrogen-bond acceptors (Lipinski definition) is 6. The minimum absolute atomic E-state index is 0.0849. The molecule has 0 spiro atoms. The van der Waals surface area contributed by atoms with Crippen LogP contribution in [0.3, 0.4) is 0 Å². The molecule has 0 radical (unpaired) electrons. The van der Waals surface area contributed by atoms with Gasteiger partial charge in [0.05, 0.1) is 29.7 Å². The van der Waals surface area contributed by atoms with Crippen molar-refractivity contribution in [1.29, 1.82) is 0 Å². The molecule has 7 heteroatoms. The second-order valence-corrected chi connectivity index (χ2v) is 9.02. The van der Waals surface area contributed by atoms with Crippen LogP contribution < -0.4 is 0 Å². The number of hydrogen-bond donors (Lipinski definition) is 0. The summed E-state index contributed by atoms with van der Waals surface area (Å²) in [4.78, 5) is 36.5. The third kappa shape index (κ3) is 7.76. The second-order valence-electron chi connectivity index (χ2n) is 7.98. The van der Waals surface area contributed by atoms with E-state index in [0.29, 0.717) is 45.4 Å². The van der Waals surface area contributed by atoms with Crippen molar-refractivity contribution in [2.24, 2.45) is 0 Å². The zero-order valence-electron chi connectivity index (χ0n) is 16.9. The summed E-state index contributed by atoms with van der Waals surface area (Å²) in [6.07, 6.45) is 3.87. The Morgan fingerprint density at radius 1 is 1.12 bits per heavy atom. The Labute approximate surface area is 161 Å². The number of rotatable bonds is 12. The van der Waals surface area contributed by atoms with Gasteiger partial charge in [0.1, 0.15) is 5.78 Å². The fourth-order valence-electron chi connectivity index (χ4n) is 2.64. The SMILES string of the molecule is CSC1CC(=O)N(CCC(C)(C)OCCC(C)(C)OCCC(C)=O)C1=O. The highest BCUT2D eigenvalue weighted by atomic mass is 32.2. The summed E-state index contributed by atoms with van der Waals surface area (Å²) in [5.41, 5.74) is -0.800. The van der Waals surface area contributed by atoms with Crippen LogP contribution in [0.4, 0.5) is 0 Å². The molecule has 150 valence electrons. The van der Waals surface area contributed by atoms with Crippen LogP contribution in [0.25, 0.3) is 0 Å². The highest BCUT2D eigenvalue weighted by molar-refractivity contribution is 8.00. The van der Waals surface area contributed by atoms with E-state index < -0.39 is 5.60 Å². The molecule has 1 rings (SSSR count). The Hall–Kier alpha value is -0.920. The number of thioether (sulfide) groups is 1. The molecule has 26 heavy (non-hydrogen) atoms. The molecule has 0 aromatic rings. The van der Waals surface area contributed by atoms with E-state index in [9.17, 15) is 14.4 Å². The number of carbonyl (C=O) groups is 3. The van der Waals surface area contributed by atoms with E-state index in [0.717, 1.165) is 0 Å². The predicted molar refractivity (Wildman–Crippen MR) is 103 cm³/mol. The number of nitrogens with zero attached hydrogens (tertiary/aromatic N) is 1. The molecule has 1 unspecified atom stereocenters. The summed E-state index contributed by atoms with van der Waals surface area (Å²) in [5.74, 6) is -0.0589. The third-order valence-corrected chi connectivity index (χ3v) is 5.51. The Bertz CT molecular complexity index is 518. The number of imide groups is 1. The number of ether oxygens (including phenoxy) is 2. The lowest BCUT2D eigenvalue weighted by molar-refractivity contribution is -0.139. The van der Waals surface area contributed by atoms with Crippen LogP contribution in [0.2, 0.25) is 0 Å². The van der Waals surface area contributed by atoms with Crippen molar-refractivity contribution in [2.75, 3.05) is 26.0 Å². The maximum Gasteiger partial charge on any atom is 0.242 e. The molecule has 1 heterocycles. The van der Waals surface area contributed by atoms with Crippen molar-refractivity contribution >= 4 is 29.4 Å². The monoisotopic (exact) mass is 387 g/mol. The van der Waals surface area contributed by atoms with Gasteiger partial charge in [-0.25, -0.2) is 0 Å². The van der Waals surface area contributed by atoms with Crippen LogP contribution in [0.1, 0.15) is 60.3 Å². The highest BCUT2D eigenvalue weighted by Crippen LogP contribution is 2.25. The summed E-state index contributed by atoms with van der Waals surface area (Å²) in [5, 5.41) is -0.237. The van der Waals surface area contributed by atoms with E-state index in [2.05, 4.69) is 0 Å². The summed E-state index contributed by atoms with van der Waals surface area (Å²) in [6.45, 7) is 10.8. The van der Waals surface area contributed by atoms with Crippen LogP contribution in [-0.2, 0) is 23.9 Å². The zero-order valence-corrected chi connectivity index (χ0v) is 17.7. The molecule has 0 aromatic carbocycles. The fraction of sp³-hybridized carbons (Fsp3) is 0.842. The van der Waals surface area contributed by atoms with Gasteiger partial charge in [-0.1, -0.05) is 0 Å². The largest absolute Gasteiger partial charge is 0.375 e. The molecule has 0 aliphatic carbocycles. The predicted octanol–water partition coefficient (Wildman–Crippen LogP) is 2.83. The van der Waals surface area contributed by atoms with Crippen LogP contribution >= 0.6 is 11.8 Å². The van der Waals surface area contributed by atoms with Gasteiger partial charge in [-0.15, -0.1) is 0 Å². The summed E-state index contributed by atoms with van der Waals surface area (Å²) in [6, 6.07) is 0. The van der Waals surface area contributed by atoms with Gasteiger partial charge in [0.2, 0.25) is 11.8 Å². The Kier molecular flexibility index (Phi) is 8.76. The fourth-order valence-corrected chi connectivity index (χ4v) is 3.28. The van der Waals surface area contributed by atoms with E-state index in [1.165, 1.54) is 16.7 Å². The van der Waals surface area contributed by atoms with Crippen molar-refractivity contribution < 1.29 is 23.9 Å². The van der Waals surface area contributed by atoms with Crippen LogP contribution in [0, 0.1) is 0 Å². The number of amides is 2. The van der Waals surface area contributed by atoms with Gasteiger partial charge in [0.15, 0.2) is 0 Å². The average molecular weight is 388 g/mol. The first kappa shape index (κ1) is 23.1. The van der Waals surface area contributed by atoms with Crippen LogP contribution in [-0.4, -0.2) is 65.0 Å². The molecular formula is C19H33NO5S. The van der Waals surface area contributed by atoms with Gasteiger partial charge in [0, 0.05) is 19.4 Å². The molecule has 0 saturated carbocycles. The first-order valence-electron chi connectivity index (χ1n) is 9.12. The second kappa shape index (κ2) is 9.85. The van der Waals surface area contributed by atoms with E-state index in [4.69, 9.17) is 9.47 Å². The minimum atomic E-state index is -0.437. The first-order valence-corrected chi connectivity index (χ1v) is 10.4. The Morgan fingerprint density at radius 3 is 2.23 bits per heavy atom. The lowest BCUT2D eigenvalue weighted by Crippen LogP contribution is -2.38. The van der Waals surface area contributed by atoms with Gasteiger partial charge >= 0.3 is 0 Å². The van der Waals surface area contributed by atoms with E-state index in [1.807, 2.05) is 34.0 Å². The average Bonchev–Trinajstić information content (AvgIpc) is 2.78. The number of carbonyl (C=O) groups excluding carboxylic acids is 3. The topological polar surface area (TPSA) is 72.9 Å². The summed E-state index contributed by atoms with van der Waals surface area (Å²) >= 11 is 1.43. The molecule has 1 fully saturated rings. The maximum absolute atomic E-state index is 12.2. The van der Waals surface area contributed by atoms with Crippen molar-refractivity contribution in [3.05, 3.63) is 0 Å². The Morgan fingerprint density at radius 2 is 1.69 bits per heavy atom. The Balaban J connectivity index is 2.36. The molecule has 0 aromatic heterocycles. The molecule has 0 bridgehead atoms. The molecule has 1 aliphatic rings. The van der Waals surface area contributed by atoms with E-state index in [1.54, 1.807) is 6.92 Å². The minimum Gasteiger partial charge on any atom is -0.375 e. The standard InChI is InChI=1S/C19H33NO5S/c1-14(21)7-11-24-19(4,5)9-12-25-18(2,3)8-10-20-16(22)13-15(26-6)17(20)23/h15H,7-13H2,1-6H3. The van der Waals surface area contributed by atoms with Gasteiger partial charge < -0.3 is 9.47 Å². The van der Waals surface area contributed by atoms with Crippen molar-refractivity contribution in [3.63, 3.8) is 0 Å². The van der Waals surface area contributed by atoms with Crippen LogP contribution in [0.5, 0.6) is 0 Å². The van der Waals surface area contributed by atoms with Crippen LogP contribution in [0.15, 0.2) is 0 Å². The molecular weight excluding hydrogens is 354 g/mol. The summed E-state index contributed by atoms with van der Waals surface area (Å²) in [7, 11) is 0. The molecule has 1 saturated heterocycles. The molecule has 1 aliphatic heterocycles. The highest BCUT2D eigenvalue weighted by Gasteiger charge is 2.38. The van der Waals surface area contributed by atoms with E-state index in [-0.39, 0.29) is 28.4 Å². The van der Waals surface area contributed by atoms with Gasteiger partial charge in [-0.05, 0) is 53.7 Å². The zero-order chi connectivity index (χ0) is 20.0. The van der Waals surface area contributed by atoms with Crippen molar-refractivity contribution in [1.82, 2.24) is 4.90 Å². The lowest BCUT2D eigenvalue weighted by atomic mass is 10.0. The number of ketones is 1. The van der Waals surface area contributed by atoms with Crippen molar-refractivity contribution in [2.45, 2.75) is 76.8 Å². The third-order valence-electron chi connectivity index (χ3n) is 4.57. The normalized spacial score (nSPS) is 18.7. The van der Waals surface area contributed by atoms with Gasteiger partial charge in [-0.3, -0.25) is 19.3 Å². The molecule has 6 nitrogen and oxygen atoms in total. The number of Topliss-reactive ketones (excluding diaryl/α,β-unsaturated/α-hetero) is 1. The maximum atomic E-state index is 12.2. The number of likely N-dealkylation sites (tertiary alicyclic amines) is 1. The quantitative estimate of drug-likeness (QED) is 0.480. The summed E-state index contributed by atoms with van der Waals surface area (Å²) < 4.78 is 11.7. The van der Waals surface area contributed by atoms with E-state index >= 15 is 0 Å². The molecule has 2 amide bonds. The molecule has 0 N–H and O–H groups in total. The first-order chi connectivity index (χ1) is 12.0.